The van der Waals surface area contributed by atoms with Crippen molar-refractivity contribution in [3.63, 3.8) is 0 Å². The van der Waals surface area contributed by atoms with E-state index in [1.54, 1.807) is 41.5 Å². The molecule has 2 aromatic heterocycles. The molecule has 0 aliphatic heterocycles. The van der Waals surface area contributed by atoms with E-state index in [9.17, 15) is 14.2 Å². The molecule has 0 aliphatic carbocycles. The Morgan fingerprint density at radius 3 is 2.09 bits per heavy atom. The zero-order valence-electron chi connectivity index (χ0n) is 20.4. The van der Waals surface area contributed by atoms with Crippen molar-refractivity contribution in [2.75, 3.05) is 19.9 Å². The molecule has 2 aromatic rings. The smallest absolute Gasteiger partial charge is 0.432 e. The van der Waals surface area contributed by atoms with E-state index in [2.05, 4.69) is 20.3 Å². The van der Waals surface area contributed by atoms with E-state index in [0.29, 0.717) is 17.2 Å². The number of carbonyl (C=O) groups is 2. The van der Waals surface area contributed by atoms with Gasteiger partial charge in [0, 0.05) is 6.42 Å². The van der Waals surface area contributed by atoms with Gasteiger partial charge in [0.05, 0.1) is 24.0 Å². The van der Waals surface area contributed by atoms with Crippen LogP contribution in [-0.2, 0) is 43.7 Å². The quantitative estimate of drug-likeness (QED) is 0.215. The Hall–Kier alpha value is -2.87. The predicted octanol–water partition coefficient (Wildman–Crippen LogP) is 3.00. The average molecular weight is 519 g/mol. The van der Waals surface area contributed by atoms with Crippen molar-refractivity contribution < 1.29 is 46.9 Å². The van der Waals surface area contributed by atoms with Gasteiger partial charge < -0.3 is 23.7 Å². The standard InChI is InChI=1S/C19H30N5O10P/c1-12(2)33-18(25)28-9-31-35(27,32-10-29-19(26)34-13(3)4)11-30-14(5)7-16-22-23-17-15(6)20-8-21-24(16)17/h8,12-14H,7,9-11H2,1-6H3. The molecule has 0 amide bonds. The normalized spacial score (nSPS) is 12.7. The lowest BCUT2D eigenvalue weighted by Crippen LogP contribution is -2.19. The third-order valence-electron chi connectivity index (χ3n) is 3.95. The van der Waals surface area contributed by atoms with Crippen molar-refractivity contribution in [2.45, 2.75) is 66.3 Å². The van der Waals surface area contributed by atoms with Crippen molar-refractivity contribution >= 4 is 25.6 Å². The molecule has 1 atom stereocenters. The maximum Gasteiger partial charge on any atom is 0.510 e. The van der Waals surface area contributed by atoms with Crippen LogP contribution in [0.1, 0.15) is 46.1 Å². The third kappa shape index (κ3) is 9.72. The molecular weight excluding hydrogens is 489 g/mol. The Morgan fingerprint density at radius 1 is 0.971 bits per heavy atom. The lowest BCUT2D eigenvalue weighted by Gasteiger charge is -2.20. The molecule has 0 aromatic carbocycles. The highest BCUT2D eigenvalue weighted by Gasteiger charge is 2.29. The van der Waals surface area contributed by atoms with Gasteiger partial charge in [-0.3, -0.25) is 13.6 Å². The Kier molecular flexibility index (Phi) is 10.8. The van der Waals surface area contributed by atoms with Crippen molar-refractivity contribution in [3.05, 3.63) is 17.8 Å². The van der Waals surface area contributed by atoms with Gasteiger partial charge in [-0.1, -0.05) is 0 Å². The summed E-state index contributed by atoms with van der Waals surface area (Å²) in [5.74, 6) is 0.495. The predicted molar refractivity (Wildman–Crippen MR) is 117 cm³/mol. The summed E-state index contributed by atoms with van der Waals surface area (Å²) in [4.78, 5) is 27.1. The van der Waals surface area contributed by atoms with Crippen LogP contribution in [-0.4, -0.2) is 75.4 Å². The van der Waals surface area contributed by atoms with Crippen LogP contribution in [0.5, 0.6) is 0 Å². The van der Waals surface area contributed by atoms with Crippen LogP contribution in [0.15, 0.2) is 6.33 Å². The molecule has 196 valence electrons. The van der Waals surface area contributed by atoms with E-state index in [1.165, 1.54) is 10.8 Å². The highest BCUT2D eigenvalue weighted by atomic mass is 31.2. The van der Waals surface area contributed by atoms with Gasteiger partial charge in [-0.2, -0.15) is 9.61 Å². The van der Waals surface area contributed by atoms with Crippen LogP contribution >= 0.6 is 7.60 Å². The lowest BCUT2D eigenvalue weighted by atomic mass is 10.3. The van der Waals surface area contributed by atoms with E-state index >= 15 is 0 Å². The van der Waals surface area contributed by atoms with E-state index in [4.69, 9.17) is 32.7 Å². The third-order valence-corrected chi connectivity index (χ3v) is 5.41. The maximum atomic E-state index is 13.1. The number of fused-ring (bicyclic) bond motifs is 1. The summed E-state index contributed by atoms with van der Waals surface area (Å²) in [6, 6.07) is 0. The number of ether oxygens (including phenoxy) is 5. The fourth-order valence-electron chi connectivity index (χ4n) is 2.42. The first kappa shape index (κ1) is 28.4. The average Bonchev–Trinajstić information content (AvgIpc) is 3.15. The van der Waals surface area contributed by atoms with Gasteiger partial charge in [0.2, 0.25) is 13.6 Å². The Morgan fingerprint density at radius 2 is 1.54 bits per heavy atom. The fraction of sp³-hybridized carbons (Fsp3) is 0.684. The molecule has 2 heterocycles. The fourth-order valence-corrected chi connectivity index (χ4v) is 3.50. The molecule has 0 saturated heterocycles. The largest absolute Gasteiger partial charge is 0.510 e. The number of nitrogens with zero attached hydrogens (tertiary/aromatic N) is 5. The van der Waals surface area contributed by atoms with Crippen LogP contribution in [0, 0.1) is 6.92 Å². The molecule has 0 aliphatic rings. The van der Waals surface area contributed by atoms with E-state index < -0.39 is 58.2 Å². The van der Waals surface area contributed by atoms with Crippen LogP contribution < -0.4 is 0 Å². The van der Waals surface area contributed by atoms with Crippen molar-refractivity contribution in [1.82, 2.24) is 24.8 Å². The Balaban J connectivity index is 1.95. The van der Waals surface area contributed by atoms with Gasteiger partial charge in [-0.25, -0.2) is 14.6 Å². The monoisotopic (exact) mass is 519 g/mol. The number of hydrogen-bond acceptors (Lipinski definition) is 14. The second kappa shape index (κ2) is 13.3. The molecule has 0 bridgehead atoms. The van der Waals surface area contributed by atoms with Gasteiger partial charge in [-0.05, 0) is 41.5 Å². The second-order valence-corrected chi connectivity index (χ2v) is 9.73. The first-order valence-corrected chi connectivity index (χ1v) is 12.4. The van der Waals surface area contributed by atoms with Gasteiger partial charge in [-0.15, -0.1) is 10.2 Å². The molecule has 16 heteroatoms. The molecule has 0 N–H and O–H groups in total. The summed E-state index contributed by atoms with van der Waals surface area (Å²) < 4.78 is 49.5. The van der Waals surface area contributed by atoms with Crippen LogP contribution in [0.2, 0.25) is 0 Å². The molecule has 15 nitrogen and oxygen atoms in total. The second-order valence-electron chi connectivity index (χ2n) is 7.73. The van der Waals surface area contributed by atoms with Crippen molar-refractivity contribution in [2.24, 2.45) is 0 Å². The Labute approximate surface area is 201 Å². The van der Waals surface area contributed by atoms with Crippen LogP contribution in [0.4, 0.5) is 9.59 Å². The molecule has 35 heavy (non-hydrogen) atoms. The summed E-state index contributed by atoms with van der Waals surface area (Å²) in [7, 11) is -4.06. The van der Waals surface area contributed by atoms with Gasteiger partial charge >= 0.3 is 19.9 Å². The highest BCUT2D eigenvalue weighted by molar-refractivity contribution is 7.53. The number of aromatic nitrogens is 5. The molecule has 0 fully saturated rings. The number of carbonyl (C=O) groups excluding carboxylic acids is 2. The van der Waals surface area contributed by atoms with E-state index in [0.717, 1.165) is 0 Å². The molecule has 0 radical (unpaired) electrons. The van der Waals surface area contributed by atoms with E-state index in [-0.39, 0.29) is 6.42 Å². The molecular formula is C19H30N5O10P. The van der Waals surface area contributed by atoms with Gasteiger partial charge in [0.15, 0.2) is 11.5 Å². The summed E-state index contributed by atoms with van der Waals surface area (Å²) in [6.45, 7) is 8.50. The summed E-state index contributed by atoms with van der Waals surface area (Å²) in [5.41, 5.74) is 1.16. The molecule has 1 unspecified atom stereocenters. The minimum absolute atomic E-state index is 0.256. The summed E-state index contributed by atoms with van der Waals surface area (Å²) in [5, 5.41) is 12.2. The summed E-state index contributed by atoms with van der Waals surface area (Å²) >= 11 is 0. The summed E-state index contributed by atoms with van der Waals surface area (Å²) in [6.07, 6.45) is -2.32. The van der Waals surface area contributed by atoms with Crippen LogP contribution in [0.25, 0.3) is 5.65 Å². The highest BCUT2D eigenvalue weighted by Crippen LogP contribution is 2.48. The molecule has 2 rings (SSSR count). The minimum atomic E-state index is -4.06. The van der Waals surface area contributed by atoms with Crippen LogP contribution in [0.3, 0.4) is 0 Å². The first-order valence-electron chi connectivity index (χ1n) is 10.7. The SMILES string of the molecule is Cc1ncnn2c(CC(C)OCP(=O)(OCOC(=O)OC(C)C)OCOC(=O)OC(C)C)nnc12. The van der Waals surface area contributed by atoms with E-state index in [1.807, 2.05) is 0 Å². The molecule has 0 spiro atoms. The zero-order valence-corrected chi connectivity index (χ0v) is 21.3. The van der Waals surface area contributed by atoms with Crippen molar-refractivity contribution in [1.29, 1.82) is 0 Å². The number of rotatable bonds is 13. The topological polar surface area (TPSA) is 172 Å². The zero-order chi connectivity index (χ0) is 26.0. The first-order chi connectivity index (χ1) is 16.5. The van der Waals surface area contributed by atoms with Gasteiger partial charge in [0.25, 0.3) is 0 Å². The minimum Gasteiger partial charge on any atom is -0.432 e. The Bertz CT molecular complexity index is 999. The maximum absolute atomic E-state index is 13.1. The van der Waals surface area contributed by atoms with Gasteiger partial charge in [0.1, 0.15) is 12.7 Å². The molecule has 0 saturated carbocycles. The van der Waals surface area contributed by atoms with Crippen molar-refractivity contribution in [3.8, 4) is 0 Å². The lowest BCUT2D eigenvalue weighted by molar-refractivity contribution is -0.0365. The number of aryl methyl sites for hydroxylation is 1. The number of hydrogen-bond donors (Lipinski definition) is 0.